The highest BCUT2D eigenvalue weighted by Gasteiger charge is 2.15. The van der Waals surface area contributed by atoms with Crippen LogP contribution in [0.4, 0.5) is 0 Å². The number of carboxylic acid groups (broad SMARTS) is 1. The van der Waals surface area contributed by atoms with E-state index >= 15 is 0 Å². The van der Waals surface area contributed by atoms with Gasteiger partial charge in [0.1, 0.15) is 11.3 Å². The summed E-state index contributed by atoms with van der Waals surface area (Å²) in [5.74, 6) is 2.40. The molecule has 0 bridgehead atoms. The number of carbonyl (C=O) groups is 1. The first-order valence-electron chi connectivity index (χ1n) is 5.96. The van der Waals surface area contributed by atoms with Gasteiger partial charge >= 0.3 is 5.97 Å². The molecule has 0 aliphatic heterocycles. The molecule has 1 aromatic carbocycles. The molecule has 0 atom stereocenters. The number of terminal acetylenes is 1. The van der Waals surface area contributed by atoms with Gasteiger partial charge in [-0.1, -0.05) is 24.1 Å². The maximum atomic E-state index is 10.8. The summed E-state index contributed by atoms with van der Waals surface area (Å²) in [6.07, 6.45) is 5.28. The third-order valence-electron chi connectivity index (χ3n) is 2.96. The predicted molar refractivity (Wildman–Crippen MR) is 72.7 cm³/mol. The fourth-order valence-electron chi connectivity index (χ4n) is 2.13. The minimum absolute atomic E-state index is 0.0802. The standard InChI is InChI=1S/C15H15NO3/c1-3-8-16(10-15(17)18)9-13-11(2)19-14-7-5-4-6-12(13)14/h1,4-7H,8-10H2,2H3,(H,17,18). The molecule has 2 rings (SSSR count). The molecule has 0 radical (unpaired) electrons. The molecular weight excluding hydrogens is 242 g/mol. The van der Waals surface area contributed by atoms with Crippen molar-refractivity contribution in [1.29, 1.82) is 0 Å². The van der Waals surface area contributed by atoms with Crippen molar-refractivity contribution in [1.82, 2.24) is 4.90 Å². The molecule has 0 spiro atoms. The summed E-state index contributed by atoms with van der Waals surface area (Å²) >= 11 is 0. The SMILES string of the molecule is C#CCN(CC(=O)O)Cc1c(C)oc2ccccc12. The largest absolute Gasteiger partial charge is 0.480 e. The second kappa shape index (κ2) is 5.59. The van der Waals surface area contributed by atoms with Crippen LogP contribution in [-0.4, -0.2) is 29.1 Å². The number of furan rings is 1. The van der Waals surface area contributed by atoms with E-state index in [2.05, 4.69) is 5.92 Å². The second-order valence-electron chi connectivity index (χ2n) is 4.38. The molecule has 4 heteroatoms. The number of aryl methyl sites for hydroxylation is 1. The number of nitrogens with zero attached hydrogens (tertiary/aromatic N) is 1. The summed E-state index contributed by atoms with van der Waals surface area (Å²) < 4.78 is 5.66. The fourth-order valence-corrected chi connectivity index (χ4v) is 2.13. The molecule has 0 aliphatic rings. The number of fused-ring (bicyclic) bond motifs is 1. The number of rotatable bonds is 5. The molecule has 19 heavy (non-hydrogen) atoms. The highest BCUT2D eigenvalue weighted by Crippen LogP contribution is 2.26. The van der Waals surface area contributed by atoms with Crippen LogP contribution in [0.5, 0.6) is 0 Å². The van der Waals surface area contributed by atoms with E-state index in [1.54, 1.807) is 4.90 Å². The summed E-state index contributed by atoms with van der Waals surface area (Å²) in [5.41, 5.74) is 1.80. The Morgan fingerprint density at radius 2 is 2.21 bits per heavy atom. The van der Waals surface area contributed by atoms with Gasteiger partial charge in [-0.2, -0.15) is 0 Å². The fraction of sp³-hybridized carbons (Fsp3) is 0.267. The molecule has 1 N–H and O–H groups in total. The third kappa shape index (κ3) is 2.95. The number of hydrogen-bond donors (Lipinski definition) is 1. The average molecular weight is 257 g/mol. The molecule has 1 heterocycles. The molecule has 2 aromatic rings. The van der Waals surface area contributed by atoms with Crippen LogP contribution in [-0.2, 0) is 11.3 Å². The first-order valence-corrected chi connectivity index (χ1v) is 5.96. The van der Waals surface area contributed by atoms with E-state index in [4.69, 9.17) is 15.9 Å². The predicted octanol–water partition coefficient (Wildman–Crippen LogP) is 2.26. The van der Waals surface area contributed by atoms with Crippen molar-refractivity contribution in [2.24, 2.45) is 0 Å². The maximum absolute atomic E-state index is 10.8. The van der Waals surface area contributed by atoms with Crippen LogP contribution in [0.15, 0.2) is 28.7 Å². The van der Waals surface area contributed by atoms with Crippen molar-refractivity contribution in [3.63, 3.8) is 0 Å². The maximum Gasteiger partial charge on any atom is 0.317 e. The highest BCUT2D eigenvalue weighted by molar-refractivity contribution is 5.82. The lowest BCUT2D eigenvalue weighted by Gasteiger charge is -2.17. The molecular formula is C15H15NO3. The smallest absolute Gasteiger partial charge is 0.317 e. The van der Waals surface area contributed by atoms with Gasteiger partial charge in [-0.3, -0.25) is 9.69 Å². The molecule has 0 saturated heterocycles. The van der Waals surface area contributed by atoms with Gasteiger partial charge in [-0.25, -0.2) is 0 Å². The van der Waals surface area contributed by atoms with E-state index in [9.17, 15) is 4.79 Å². The molecule has 1 aromatic heterocycles. The normalized spacial score (nSPS) is 10.8. The monoisotopic (exact) mass is 257 g/mol. The van der Waals surface area contributed by atoms with Gasteiger partial charge in [0, 0.05) is 17.5 Å². The Kier molecular flexibility index (Phi) is 3.88. The Labute approximate surface area is 111 Å². The number of aliphatic carboxylic acids is 1. The van der Waals surface area contributed by atoms with E-state index < -0.39 is 5.97 Å². The van der Waals surface area contributed by atoms with Gasteiger partial charge in [0.25, 0.3) is 0 Å². The Balaban J connectivity index is 2.30. The van der Waals surface area contributed by atoms with E-state index in [0.717, 1.165) is 22.3 Å². The summed E-state index contributed by atoms with van der Waals surface area (Å²) in [4.78, 5) is 12.5. The number of para-hydroxylation sites is 1. The Bertz CT molecular complexity index is 636. The summed E-state index contributed by atoms with van der Waals surface area (Å²) in [6, 6.07) is 7.71. The lowest BCUT2D eigenvalue weighted by atomic mass is 10.1. The average Bonchev–Trinajstić information content (AvgIpc) is 2.66. The van der Waals surface area contributed by atoms with E-state index in [1.165, 1.54) is 0 Å². The highest BCUT2D eigenvalue weighted by atomic mass is 16.4. The van der Waals surface area contributed by atoms with Gasteiger partial charge < -0.3 is 9.52 Å². The number of hydrogen-bond acceptors (Lipinski definition) is 3. The van der Waals surface area contributed by atoms with Crippen LogP contribution in [0.3, 0.4) is 0 Å². The van der Waals surface area contributed by atoms with Gasteiger partial charge in [0.2, 0.25) is 0 Å². The summed E-state index contributed by atoms with van der Waals surface area (Å²) in [5, 5.41) is 9.89. The van der Waals surface area contributed by atoms with Gasteiger partial charge in [0.05, 0.1) is 13.1 Å². The lowest BCUT2D eigenvalue weighted by molar-refractivity contribution is -0.138. The van der Waals surface area contributed by atoms with E-state index in [-0.39, 0.29) is 6.54 Å². The van der Waals surface area contributed by atoms with Crippen molar-refractivity contribution < 1.29 is 14.3 Å². The lowest BCUT2D eigenvalue weighted by Crippen LogP contribution is -2.29. The zero-order chi connectivity index (χ0) is 13.8. The topological polar surface area (TPSA) is 53.7 Å². The Morgan fingerprint density at radius 3 is 2.89 bits per heavy atom. The van der Waals surface area contributed by atoms with Crippen molar-refractivity contribution in [2.45, 2.75) is 13.5 Å². The first kappa shape index (κ1) is 13.2. The summed E-state index contributed by atoms with van der Waals surface area (Å²) in [6.45, 7) is 2.57. The Morgan fingerprint density at radius 1 is 1.47 bits per heavy atom. The van der Waals surface area contributed by atoms with Crippen LogP contribution < -0.4 is 0 Å². The molecule has 4 nitrogen and oxygen atoms in total. The molecule has 0 saturated carbocycles. The zero-order valence-corrected chi connectivity index (χ0v) is 10.7. The van der Waals surface area contributed by atoms with Crippen LogP contribution in [0.25, 0.3) is 11.0 Å². The van der Waals surface area contributed by atoms with Crippen LogP contribution in [0.1, 0.15) is 11.3 Å². The van der Waals surface area contributed by atoms with Crippen molar-refractivity contribution in [3.05, 3.63) is 35.6 Å². The molecule has 98 valence electrons. The third-order valence-corrected chi connectivity index (χ3v) is 2.96. The molecule has 0 amide bonds. The Hall–Kier alpha value is -2.25. The first-order chi connectivity index (χ1) is 9.11. The van der Waals surface area contributed by atoms with Gasteiger partial charge in [-0.05, 0) is 13.0 Å². The van der Waals surface area contributed by atoms with E-state index in [0.29, 0.717) is 13.1 Å². The summed E-state index contributed by atoms with van der Waals surface area (Å²) in [7, 11) is 0. The minimum Gasteiger partial charge on any atom is -0.480 e. The van der Waals surface area contributed by atoms with Gasteiger partial charge in [0.15, 0.2) is 0 Å². The van der Waals surface area contributed by atoms with Gasteiger partial charge in [-0.15, -0.1) is 6.42 Å². The van der Waals surface area contributed by atoms with Crippen LogP contribution in [0.2, 0.25) is 0 Å². The van der Waals surface area contributed by atoms with Crippen LogP contribution in [0, 0.1) is 19.3 Å². The molecule has 0 aliphatic carbocycles. The molecule has 0 fully saturated rings. The van der Waals surface area contributed by atoms with Crippen LogP contribution >= 0.6 is 0 Å². The number of benzene rings is 1. The zero-order valence-electron chi connectivity index (χ0n) is 10.7. The van der Waals surface area contributed by atoms with Crippen molar-refractivity contribution >= 4 is 16.9 Å². The van der Waals surface area contributed by atoms with Crippen molar-refractivity contribution in [3.8, 4) is 12.3 Å². The number of carboxylic acids is 1. The second-order valence-corrected chi connectivity index (χ2v) is 4.38. The molecule has 0 unspecified atom stereocenters. The minimum atomic E-state index is -0.888. The van der Waals surface area contributed by atoms with E-state index in [1.807, 2.05) is 31.2 Å². The van der Waals surface area contributed by atoms with Crippen molar-refractivity contribution in [2.75, 3.05) is 13.1 Å². The quantitative estimate of drug-likeness (QED) is 0.835.